The van der Waals surface area contributed by atoms with E-state index >= 15 is 0 Å². The van der Waals surface area contributed by atoms with Gasteiger partial charge in [-0.2, -0.15) is 0 Å². The molecule has 0 radical (unpaired) electrons. The minimum atomic E-state index is 0.632. The largest absolute Gasteiger partial charge is 0.308 e. The highest BCUT2D eigenvalue weighted by atomic mass is 15.1. The van der Waals surface area contributed by atoms with Crippen LogP contribution in [0.15, 0.2) is 170 Å². The third kappa shape index (κ3) is 4.17. The average Bonchev–Trinajstić information content (AvgIpc) is 3.49. The van der Waals surface area contributed by atoms with Crippen molar-refractivity contribution < 1.29 is 0 Å². The smallest absolute Gasteiger partial charge is 0.166 e. The SMILES string of the molecule is c1ccc(-c2nc(-c3ccc4ccccc4c3)nc(-c3ccccc3-n3c4cccc5c4c4c6c(cccc6ccc43)-c3ccccc3-5)n2)cc1. The summed E-state index contributed by atoms with van der Waals surface area (Å²) in [4.78, 5) is 15.5. The number of nitrogens with zero attached hydrogens (tertiary/aromatic N) is 4. The van der Waals surface area contributed by atoms with Gasteiger partial charge in [0.2, 0.25) is 0 Å². The molecule has 0 saturated heterocycles. The Morgan fingerprint density at radius 2 is 0.882 bits per heavy atom. The summed E-state index contributed by atoms with van der Waals surface area (Å²) in [6.07, 6.45) is 0. The van der Waals surface area contributed by atoms with Crippen LogP contribution in [0.1, 0.15) is 0 Å². The minimum Gasteiger partial charge on any atom is -0.308 e. The zero-order valence-corrected chi connectivity index (χ0v) is 27.5. The van der Waals surface area contributed by atoms with Gasteiger partial charge in [-0.15, -0.1) is 0 Å². The van der Waals surface area contributed by atoms with E-state index in [1.54, 1.807) is 0 Å². The van der Waals surface area contributed by atoms with Gasteiger partial charge in [0, 0.05) is 27.5 Å². The molecule has 1 aliphatic carbocycles. The first-order valence-electron chi connectivity index (χ1n) is 17.3. The zero-order valence-electron chi connectivity index (χ0n) is 27.5. The molecule has 0 spiro atoms. The van der Waals surface area contributed by atoms with Crippen molar-refractivity contribution in [2.24, 2.45) is 0 Å². The Balaban J connectivity index is 1.21. The second-order valence-electron chi connectivity index (χ2n) is 13.2. The Labute approximate surface area is 294 Å². The molecule has 2 heterocycles. The van der Waals surface area contributed by atoms with Crippen molar-refractivity contribution >= 4 is 43.4 Å². The highest BCUT2D eigenvalue weighted by molar-refractivity contribution is 6.30. The molecule has 4 heteroatoms. The molecule has 10 aromatic rings. The molecule has 2 aromatic heterocycles. The molecule has 0 aliphatic heterocycles. The number of hydrogen-bond acceptors (Lipinski definition) is 3. The number of benzene rings is 8. The highest BCUT2D eigenvalue weighted by Crippen LogP contribution is 2.50. The fourth-order valence-electron chi connectivity index (χ4n) is 8.12. The molecule has 0 atom stereocenters. The van der Waals surface area contributed by atoms with E-state index in [0.717, 1.165) is 38.8 Å². The third-order valence-corrected chi connectivity index (χ3v) is 10.4. The molecule has 51 heavy (non-hydrogen) atoms. The predicted octanol–water partition coefficient (Wildman–Crippen LogP) is 11.9. The Hall–Kier alpha value is -6.91. The molecule has 0 bridgehead atoms. The summed E-state index contributed by atoms with van der Waals surface area (Å²) in [5.41, 5.74) is 11.2. The van der Waals surface area contributed by atoms with Crippen LogP contribution in [0.4, 0.5) is 0 Å². The van der Waals surface area contributed by atoms with Crippen LogP contribution in [-0.4, -0.2) is 19.5 Å². The summed E-state index contributed by atoms with van der Waals surface area (Å²) in [5.74, 6) is 1.92. The Kier molecular flexibility index (Phi) is 5.92. The maximum Gasteiger partial charge on any atom is 0.166 e. The monoisotopic (exact) mass is 648 g/mol. The van der Waals surface area contributed by atoms with Crippen molar-refractivity contribution in [3.8, 4) is 62.1 Å². The van der Waals surface area contributed by atoms with Crippen LogP contribution in [0.2, 0.25) is 0 Å². The Bertz CT molecular complexity index is 3030. The van der Waals surface area contributed by atoms with Gasteiger partial charge in [0.1, 0.15) is 0 Å². The second kappa shape index (κ2) is 10.8. The van der Waals surface area contributed by atoms with Gasteiger partial charge in [-0.05, 0) is 74.1 Å². The van der Waals surface area contributed by atoms with Crippen LogP contribution < -0.4 is 0 Å². The van der Waals surface area contributed by atoms with Crippen LogP contribution in [-0.2, 0) is 0 Å². The number of aromatic nitrogens is 4. The van der Waals surface area contributed by atoms with Gasteiger partial charge in [0.25, 0.3) is 0 Å². The van der Waals surface area contributed by atoms with Gasteiger partial charge in [0.15, 0.2) is 17.5 Å². The fourth-order valence-corrected chi connectivity index (χ4v) is 8.12. The van der Waals surface area contributed by atoms with E-state index in [-0.39, 0.29) is 0 Å². The number of para-hydroxylation sites is 1. The topological polar surface area (TPSA) is 43.6 Å². The molecule has 0 amide bonds. The van der Waals surface area contributed by atoms with E-state index in [0.29, 0.717) is 17.5 Å². The summed E-state index contributed by atoms with van der Waals surface area (Å²) in [6.45, 7) is 0. The lowest BCUT2D eigenvalue weighted by Crippen LogP contribution is -2.03. The molecular weight excluding hydrogens is 621 g/mol. The lowest BCUT2D eigenvalue weighted by molar-refractivity contribution is 1.06. The third-order valence-electron chi connectivity index (χ3n) is 10.4. The van der Waals surface area contributed by atoms with Gasteiger partial charge in [-0.25, -0.2) is 15.0 Å². The maximum atomic E-state index is 5.22. The highest BCUT2D eigenvalue weighted by Gasteiger charge is 2.26. The summed E-state index contributed by atoms with van der Waals surface area (Å²) in [7, 11) is 0. The van der Waals surface area contributed by atoms with Crippen molar-refractivity contribution in [1.82, 2.24) is 19.5 Å². The molecule has 0 fully saturated rings. The summed E-state index contributed by atoms with van der Waals surface area (Å²) < 4.78 is 2.41. The number of rotatable bonds is 4. The lowest BCUT2D eigenvalue weighted by Gasteiger charge is -2.16. The zero-order chi connectivity index (χ0) is 33.5. The molecule has 0 saturated carbocycles. The molecule has 0 unspecified atom stereocenters. The quantitative estimate of drug-likeness (QED) is 0.191. The first kappa shape index (κ1) is 28.0. The molecule has 236 valence electrons. The molecule has 1 aliphatic rings. The standard InChI is InChI=1S/C47H28N4/c1-2-13-31(14-3-1)45-48-46(33-25-24-29-12-4-5-15-32(29)28-33)50-47(49-45)38-19-8-9-22-39(38)51-40-23-11-21-37-35-18-7-6-17-34(35)36-20-10-16-30-26-27-41(51)44(42(30)36)43(37)40/h1-28H. The van der Waals surface area contributed by atoms with E-state index in [1.807, 2.05) is 18.2 Å². The second-order valence-corrected chi connectivity index (χ2v) is 13.2. The van der Waals surface area contributed by atoms with E-state index in [9.17, 15) is 0 Å². The van der Waals surface area contributed by atoms with E-state index in [2.05, 4.69) is 156 Å². The molecule has 4 nitrogen and oxygen atoms in total. The van der Waals surface area contributed by atoms with E-state index in [4.69, 9.17) is 15.0 Å². The average molecular weight is 649 g/mol. The van der Waals surface area contributed by atoms with Crippen molar-refractivity contribution in [2.45, 2.75) is 0 Å². The first-order chi connectivity index (χ1) is 25.3. The van der Waals surface area contributed by atoms with Crippen LogP contribution in [0.5, 0.6) is 0 Å². The summed E-state index contributed by atoms with van der Waals surface area (Å²) in [5, 5.41) is 7.40. The van der Waals surface area contributed by atoms with Gasteiger partial charge in [-0.1, -0.05) is 140 Å². The minimum absolute atomic E-state index is 0.632. The van der Waals surface area contributed by atoms with Crippen molar-refractivity contribution in [2.75, 3.05) is 0 Å². The van der Waals surface area contributed by atoms with Gasteiger partial charge < -0.3 is 4.57 Å². The van der Waals surface area contributed by atoms with E-state index < -0.39 is 0 Å². The van der Waals surface area contributed by atoms with Gasteiger partial charge in [0.05, 0.1) is 16.7 Å². The van der Waals surface area contributed by atoms with Crippen molar-refractivity contribution in [1.29, 1.82) is 0 Å². The van der Waals surface area contributed by atoms with Crippen LogP contribution in [0.25, 0.3) is 105 Å². The summed E-state index contributed by atoms with van der Waals surface area (Å²) >= 11 is 0. The molecular formula is C47H28N4. The van der Waals surface area contributed by atoms with Crippen molar-refractivity contribution in [3.63, 3.8) is 0 Å². The maximum absolute atomic E-state index is 5.22. The fraction of sp³-hybridized carbons (Fsp3) is 0. The van der Waals surface area contributed by atoms with Crippen LogP contribution in [0, 0.1) is 0 Å². The van der Waals surface area contributed by atoms with Crippen LogP contribution >= 0.6 is 0 Å². The van der Waals surface area contributed by atoms with Crippen molar-refractivity contribution in [3.05, 3.63) is 170 Å². The summed E-state index contributed by atoms with van der Waals surface area (Å²) in [6, 6.07) is 60.3. The molecule has 11 rings (SSSR count). The first-order valence-corrected chi connectivity index (χ1v) is 17.3. The number of fused-ring (bicyclic) bond motifs is 4. The normalized spacial score (nSPS) is 11.9. The van der Waals surface area contributed by atoms with E-state index in [1.165, 1.54) is 49.2 Å². The molecule has 0 N–H and O–H groups in total. The molecule has 8 aromatic carbocycles. The predicted molar refractivity (Wildman–Crippen MR) is 210 cm³/mol. The lowest BCUT2D eigenvalue weighted by atomic mass is 9.93. The van der Waals surface area contributed by atoms with Gasteiger partial charge >= 0.3 is 0 Å². The van der Waals surface area contributed by atoms with Gasteiger partial charge in [-0.3, -0.25) is 0 Å². The Morgan fingerprint density at radius 1 is 0.314 bits per heavy atom. The van der Waals surface area contributed by atoms with Crippen LogP contribution in [0.3, 0.4) is 0 Å². The number of hydrogen-bond donors (Lipinski definition) is 0. The Morgan fingerprint density at radius 3 is 1.71 bits per heavy atom.